The molecule has 10 heteroatoms. The van der Waals surface area contributed by atoms with Gasteiger partial charge in [0.05, 0.1) is 12.7 Å². The van der Waals surface area contributed by atoms with E-state index in [1.165, 1.54) is 15.8 Å². The van der Waals surface area contributed by atoms with Crippen LogP contribution in [0.5, 0.6) is 0 Å². The number of aryl methyl sites for hydroxylation is 1. The highest BCUT2D eigenvalue weighted by atomic mass is 16.3. The van der Waals surface area contributed by atoms with Crippen LogP contribution in [0.3, 0.4) is 0 Å². The number of ketones is 1. The fraction of sp³-hybridized carbons (Fsp3) is 0.263. The summed E-state index contributed by atoms with van der Waals surface area (Å²) < 4.78 is 6.83. The van der Waals surface area contributed by atoms with E-state index in [1.807, 2.05) is 0 Å². The van der Waals surface area contributed by atoms with Crippen LogP contribution in [0.1, 0.15) is 24.3 Å². The van der Waals surface area contributed by atoms with E-state index in [1.54, 1.807) is 51.6 Å². The zero-order valence-corrected chi connectivity index (χ0v) is 16.0. The molecule has 0 atom stereocenters. The molecule has 0 aromatic carbocycles. The number of anilines is 2. The lowest BCUT2D eigenvalue weighted by atomic mass is 9.91. The zero-order valence-electron chi connectivity index (χ0n) is 16.0. The Bertz CT molecular complexity index is 1110. The number of aromatic nitrogens is 4. The SMILES string of the molecule is Cn1cc(NC(=O)c2coc(-c3ccncc3)n2)c(N2CC(=O)C(C)(C)C2=O)n1. The molecule has 0 unspecified atom stereocenters. The average molecular weight is 394 g/mol. The van der Waals surface area contributed by atoms with Crippen molar-refractivity contribution in [2.24, 2.45) is 12.5 Å². The number of carbonyl (C=O) groups is 3. The molecule has 10 nitrogen and oxygen atoms in total. The van der Waals surface area contributed by atoms with E-state index in [-0.39, 0.29) is 35.6 Å². The van der Waals surface area contributed by atoms with Crippen molar-refractivity contribution in [3.8, 4) is 11.5 Å². The molecular formula is C19H18N6O4. The molecule has 1 saturated heterocycles. The van der Waals surface area contributed by atoms with Crippen LogP contribution in [-0.4, -0.2) is 43.9 Å². The Kier molecular flexibility index (Phi) is 4.26. The maximum Gasteiger partial charge on any atom is 0.277 e. The minimum absolute atomic E-state index is 0.0655. The van der Waals surface area contributed by atoms with Gasteiger partial charge in [0, 0.05) is 25.0 Å². The number of rotatable bonds is 4. The number of amides is 2. The summed E-state index contributed by atoms with van der Waals surface area (Å²) in [6.45, 7) is 3.06. The Hall–Kier alpha value is -3.82. The maximum atomic E-state index is 12.7. The van der Waals surface area contributed by atoms with Gasteiger partial charge in [-0.25, -0.2) is 4.98 Å². The van der Waals surface area contributed by atoms with Crippen LogP contribution in [0.25, 0.3) is 11.5 Å². The van der Waals surface area contributed by atoms with Crippen molar-refractivity contribution < 1.29 is 18.8 Å². The number of Topliss-reactive ketones (excluding diaryl/α,β-unsaturated/α-hetero) is 1. The number of hydrogen-bond acceptors (Lipinski definition) is 7. The molecule has 1 aliphatic heterocycles. The predicted molar refractivity (Wildman–Crippen MR) is 102 cm³/mol. The summed E-state index contributed by atoms with van der Waals surface area (Å²) in [5, 5.41) is 6.94. The van der Waals surface area contributed by atoms with Crippen LogP contribution in [0, 0.1) is 5.41 Å². The van der Waals surface area contributed by atoms with Crippen molar-refractivity contribution >= 4 is 29.1 Å². The second kappa shape index (κ2) is 6.66. The molecule has 2 amide bonds. The Morgan fingerprint density at radius 1 is 1.24 bits per heavy atom. The highest BCUT2D eigenvalue weighted by Gasteiger charge is 2.48. The van der Waals surface area contributed by atoms with Gasteiger partial charge < -0.3 is 9.73 Å². The third-order valence-corrected chi connectivity index (χ3v) is 4.76. The number of pyridine rings is 1. The van der Waals surface area contributed by atoms with Crippen molar-refractivity contribution in [2.75, 3.05) is 16.8 Å². The van der Waals surface area contributed by atoms with E-state index >= 15 is 0 Å². The first-order chi connectivity index (χ1) is 13.8. The van der Waals surface area contributed by atoms with Gasteiger partial charge in [-0.2, -0.15) is 5.10 Å². The number of oxazole rings is 1. The van der Waals surface area contributed by atoms with E-state index in [2.05, 4.69) is 20.4 Å². The summed E-state index contributed by atoms with van der Waals surface area (Å²) in [6, 6.07) is 3.43. The summed E-state index contributed by atoms with van der Waals surface area (Å²) in [7, 11) is 1.66. The standard InChI is InChI=1S/C19H18N6O4/c1-19(2)14(26)9-25(18(19)28)15-12(8-24(3)23-15)21-16(27)13-10-29-17(22-13)11-4-6-20-7-5-11/h4-8,10H,9H2,1-3H3,(H,21,27). The van der Waals surface area contributed by atoms with Gasteiger partial charge in [0.1, 0.15) is 17.4 Å². The molecular weight excluding hydrogens is 376 g/mol. The molecule has 0 saturated carbocycles. The van der Waals surface area contributed by atoms with E-state index in [0.29, 0.717) is 11.3 Å². The number of carbonyl (C=O) groups excluding carboxylic acids is 3. The largest absolute Gasteiger partial charge is 0.444 e. The second-order valence-corrected chi connectivity index (χ2v) is 7.21. The molecule has 0 bridgehead atoms. The molecule has 4 heterocycles. The van der Waals surface area contributed by atoms with Gasteiger partial charge in [0.15, 0.2) is 17.3 Å². The average Bonchev–Trinajstić information content (AvgIpc) is 3.37. The van der Waals surface area contributed by atoms with Crippen molar-refractivity contribution in [1.82, 2.24) is 19.7 Å². The van der Waals surface area contributed by atoms with Gasteiger partial charge in [-0.05, 0) is 26.0 Å². The molecule has 148 valence electrons. The Balaban J connectivity index is 1.58. The van der Waals surface area contributed by atoms with Gasteiger partial charge in [-0.15, -0.1) is 0 Å². The quantitative estimate of drug-likeness (QED) is 0.668. The summed E-state index contributed by atoms with van der Waals surface area (Å²) in [4.78, 5) is 46.9. The summed E-state index contributed by atoms with van der Waals surface area (Å²) >= 11 is 0. The molecule has 29 heavy (non-hydrogen) atoms. The summed E-state index contributed by atoms with van der Waals surface area (Å²) in [5.41, 5.74) is -0.0743. The first kappa shape index (κ1) is 18.5. The molecule has 3 aromatic heterocycles. The third kappa shape index (κ3) is 3.18. The lowest BCUT2D eigenvalue weighted by Crippen LogP contribution is -2.32. The van der Waals surface area contributed by atoms with E-state index in [4.69, 9.17) is 4.42 Å². The van der Waals surface area contributed by atoms with Crippen molar-refractivity contribution in [2.45, 2.75) is 13.8 Å². The molecule has 1 aliphatic rings. The highest BCUT2D eigenvalue weighted by Crippen LogP contribution is 2.34. The predicted octanol–water partition coefficient (Wildman–Crippen LogP) is 1.66. The van der Waals surface area contributed by atoms with E-state index in [0.717, 1.165) is 0 Å². The molecule has 0 radical (unpaired) electrons. The lowest BCUT2D eigenvalue weighted by molar-refractivity contribution is -0.132. The minimum atomic E-state index is -1.12. The number of hydrogen-bond donors (Lipinski definition) is 1. The van der Waals surface area contributed by atoms with Crippen molar-refractivity contribution in [3.63, 3.8) is 0 Å². The molecule has 1 fully saturated rings. The molecule has 0 aliphatic carbocycles. The minimum Gasteiger partial charge on any atom is -0.444 e. The smallest absolute Gasteiger partial charge is 0.277 e. The summed E-state index contributed by atoms with van der Waals surface area (Å²) in [6.07, 6.45) is 5.99. The van der Waals surface area contributed by atoms with E-state index < -0.39 is 11.3 Å². The first-order valence-electron chi connectivity index (χ1n) is 8.83. The first-order valence-corrected chi connectivity index (χ1v) is 8.83. The zero-order chi connectivity index (χ0) is 20.8. The highest BCUT2D eigenvalue weighted by molar-refractivity contribution is 6.21. The fourth-order valence-corrected chi connectivity index (χ4v) is 3.00. The molecule has 3 aromatic rings. The van der Waals surface area contributed by atoms with E-state index in [9.17, 15) is 14.4 Å². The van der Waals surface area contributed by atoms with Gasteiger partial charge in [0.25, 0.3) is 5.91 Å². The maximum absolute atomic E-state index is 12.7. The van der Waals surface area contributed by atoms with Crippen molar-refractivity contribution in [3.05, 3.63) is 42.7 Å². The number of nitrogens with zero attached hydrogens (tertiary/aromatic N) is 5. The summed E-state index contributed by atoms with van der Waals surface area (Å²) in [5.74, 6) is -0.601. The Labute approximate surface area is 165 Å². The van der Waals surface area contributed by atoms with Crippen molar-refractivity contribution in [1.29, 1.82) is 0 Å². The monoisotopic (exact) mass is 394 g/mol. The van der Waals surface area contributed by atoms with Crippen LogP contribution in [0.4, 0.5) is 11.5 Å². The van der Waals surface area contributed by atoms with Gasteiger partial charge in [-0.1, -0.05) is 0 Å². The van der Waals surface area contributed by atoms with Crippen LogP contribution in [0.2, 0.25) is 0 Å². The number of nitrogens with one attached hydrogen (secondary N) is 1. The normalized spacial score (nSPS) is 15.8. The Morgan fingerprint density at radius 3 is 2.62 bits per heavy atom. The van der Waals surface area contributed by atoms with Crippen LogP contribution in [0.15, 0.2) is 41.4 Å². The second-order valence-electron chi connectivity index (χ2n) is 7.21. The van der Waals surface area contributed by atoms with Gasteiger partial charge in [-0.3, -0.25) is 28.9 Å². The molecule has 1 N–H and O–H groups in total. The van der Waals surface area contributed by atoms with Crippen LogP contribution in [-0.2, 0) is 16.6 Å². The topological polar surface area (TPSA) is 123 Å². The fourth-order valence-electron chi connectivity index (χ4n) is 3.00. The molecule has 4 rings (SSSR count). The van der Waals surface area contributed by atoms with Crippen LogP contribution < -0.4 is 10.2 Å². The van der Waals surface area contributed by atoms with Gasteiger partial charge in [0.2, 0.25) is 11.8 Å². The Morgan fingerprint density at radius 2 is 1.97 bits per heavy atom. The van der Waals surface area contributed by atoms with Gasteiger partial charge >= 0.3 is 0 Å². The molecule has 0 spiro atoms. The third-order valence-electron chi connectivity index (χ3n) is 4.76. The van der Waals surface area contributed by atoms with Crippen LogP contribution >= 0.6 is 0 Å². The lowest BCUT2D eigenvalue weighted by Gasteiger charge is -2.17.